The third-order valence-electron chi connectivity index (χ3n) is 2.05. The van der Waals surface area contributed by atoms with Crippen molar-refractivity contribution in [2.75, 3.05) is 12.3 Å². The second kappa shape index (κ2) is 4.38. The highest BCUT2D eigenvalue weighted by Gasteiger charge is 2.58. The van der Waals surface area contributed by atoms with Crippen LogP contribution in [0.15, 0.2) is 18.2 Å². The van der Waals surface area contributed by atoms with Crippen molar-refractivity contribution in [3.05, 3.63) is 23.8 Å². The Hall–Kier alpha value is -1.53. The van der Waals surface area contributed by atoms with E-state index in [9.17, 15) is 22.0 Å². The first kappa shape index (κ1) is 13.5. The average molecular weight is 255 g/mol. The van der Waals surface area contributed by atoms with Crippen LogP contribution in [0, 0.1) is 6.92 Å². The van der Waals surface area contributed by atoms with Crippen molar-refractivity contribution in [1.82, 2.24) is 0 Å². The van der Waals surface area contributed by atoms with Crippen LogP contribution in [0.4, 0.5) is 27.6 Å². The lowest BCUT2D eigenvalue weighted by atomic mass is 10.2. The molecule has 0 heterocycles. The van der Waals surface area contributed by atoms with E-state index in [1.165, 1.54) is 19.1 Å². The fourth-order valence-corrected chi connectivity index (χ4v) is 1.12. The van der Waals surface area contributed by atoms with Crippen molar-refractivity contribution in [1.29, 1.82) is 0 Å². The van der Waals surface area contributed by atoms with Crippen molar-refractivity contribution >= 4 is 5.69 Å². The Morgan fingerprint density at radius 1 is 1.18 bits per heavy atom. The number of halogens is 5. The largest absolute Gasteiger partial charge is 0.484 e. The molecular formula is C10H10F5NO. The number of hydrogen-bond donors (Lipinski definition) is 1. The molecule has 96 valence electrons. The van der Waals surface area contributed by atoms with E-state index < -0.39 is 18.7 Å². The molecule has 0 saturated carbocycles. The van der Waals surface area contributed by atoms with Gasteiger partial charge in [-0.1, -0.05) is 12.1 Å². The summed E-state index contributed by atoms with van der Waals surface area (Å²) in [4.78, 5) is 0. The van der Waals surface area contributed by atoms with Crippen LogP contribution in [-0.2, 0) is 0 Å². The molecule has 0 aliphatic rings. The molecule has 7 heteroatoms. The summed E-state index contributed by atoms with van der Waals surface area (Å²) < 4.78 is 65.3. The monoisotopic (exact) mass is 255 g/mol. The van der Waals surface area contributed by atoms with Gasteiger partial charge in [0.25, 0.3) is 0 Å². The molecule has 0 amide bonds. The summed E-state index contributed by atoms with van der Waals surface area (Å²) >= 11 is 0. The van der Waals surface area contributed by atoms with E-state index in [0.29, 0.717) is 5.56 Å². The van der Waals surface area contributed by atoms with Crippen LogP contribution >= 0.6 is 0 Å². The first-order valence-corrected chi connectivity index (χ1v) is 4.57. The van der Waals surface area contributed by atoms with E-state index in [1.807, 2.05) is 0 Å². The van der Waals surface area contributed by atoms with Crippen molar-refractivity contribution in [2.24, 2.45) is 0 Å². The molecule has 0 aliphatic heterocycles. The number of ether oxygens (including phenoxy) is 1. The summed E-state index contributed by atoms with van der Waals surface area (Å²) in [6.45, 7) is -0.289. The lowest BCUT2D eigenvalue weighted by molar-refractivity contribution is -0.289. The normalized spacial score (nSPS) is 12.6. The van der Waals surface area contributed by atoms with E-state index in [2.05, 4.69) is 4.74 Å². The molecule has 0 saturated heterocycles. The number of aryl methyl sites for hydroxylation is 1. The van der Waals surface area contributed by atoms with Crippen LogP contribution in [-0.4, -0.2) is 18.7 Å². The molecule has 1 aromatic carbocycles. The Morgan fingerprint density at radius 2 is 1.76 bits per heavy atom. The minimum Gasteiger partial charge on any atom is -0.484 e. The highest BCUT2D eigenvalue weighted by atomic mass is 19.4. The summed E-state index contributed by atoms with van der Waals surface area (Å²) in [6.07, 6.45) is -5.63. The van der Waals surface area contributed by atoms with Gasteiger partial charge in [-0.25, -0.2) is 0 Å². The highest BCUT2D eigenvalue weighted by molar-refractivity contribution is 5.56. The van der Waals surface area contributed by atoms with Crippen LogP contribution in [0.2, 0.25) is 0 Å². The van der Waals surface area contributed by atoms with Crippen LogP contribution in [0.5, 0.6) is 5.75 Å². The van der Waals surface area contributed by atoms with E-state index in [1.54, 1.807) is 6.07 Å². The molecule has 0 aliphatic carbocycles. The standard InChI is InChI=1S/C10H10F5NO/c1-6-3-2-4-7(16)8(6)17-5-9(11,12)10(13,14)15/h2-4H,5,16H2,1H3. The van der Waals surface area contributed by atoms with Crippen molar-refractivity contribution in [3.8, 4) is 5.75 Å². The van der Waals surface area contributed by atoms with E-state index in [0.717, 1.165) is 0 Å². The molecule has 0 bridgehead atoms. The van der Waals surface area contributed by atoms with Crippen LogP contribution in [0.1, 0.15) is 5.56 Å². The first-order valence-electron chi connectivity index (χ1n) is 4.57. The molecule has 2 N–H and O–H groups in total. The summed E-state index contributed by atoms with van der Waals surface area (Å²) in [7, 11) is 0. The minimum atomic E-state index is -5.63. The Bertz CT molecular complexity index is 382. The van der Waals surface area contributed by atoms with Gasteiger partial charge in [0, 0.05) is 0 Å². The second-order valence-electron chi connectivity index (χ2n) is 3.48. The molecule has 0 radical (unpaired) electrons. The van der Waals surface area contributed by atoms with Crippen molar-refractivity contribution < 1.29 is 26.7 Å². The Kier molecular flexibility index (Phi) is 3.49. The zero-order chi connectivity index (χ0) is 13.3. The molecule has 0 fully saturated rings. The van der Waals surface area contributed by atoms with E-state index in [4.69, 9.17) is 5.73 Å². The lowest BCUT2D eigenvalue weighted by Gasteiger charge is -2.21. The first-order chi connectivity index (χ1) is 7.65. The molecular weight excluding hydrogens is 245 g/mol. The maximum atomic E-state index is 12.6. The third kappa shape index (κ3) is 2.98. The zero-order valence-electron chi connectivity index (χ0n) is 8.81. The maximum Gasteiger partial charge on any atom is 0.456 e. The predicted octanol–water partition coefficient (Wildman–Crippen LogP) is 3.15. The summed E-state index contributed by atoms with van der Waals surface area (Å²) in [5, 5.41) is 0. The van der Waals surface area contributed by atoms with Gasteiger partial charge in [0.05, 0.1) is 5.69 Å². The molecule has 1 aromatic rings. The maximum absolute atomic E-state index is 12.6. The van der Waals surface area contributed by atoms with E-state index >= 15 is 0 Å². The molecule has 0 spiro atoms. The topological polar surface area (TPSA) is 35.2 Å². The van der Waals surface area contributed by atoms with Gasteiger partial charge in [0.2, 0.25) is 0 Å². The van der Waals surface area contributed by atoms with Gasteiger partial charge in [-0.05, 0) is 18.6 Å². The zero-order valence-corrected chi connectivity index (χ0v) is 8.81. The third-order valence-corrected chi connectivity index (χ3v) is 2.05. The van der Waals surface area contributed by atoms with Gasteiger partial charge in [0.15, 0.2) is 6.61 Å². The SMILES string of the molecule is Cc1cccc(N)c1OCC(F)(F)C(F)(F)F. The van der Waals surface area contributed by atoms with Crippen molar-refractivity contribution in [2.45, 2.75) is 19.0 Å². The summed E-state index contributed by atoms with van der Waals surface area (Å²) in [6, 6.07) is 4.39. The number of para-hydroxylation sites is 1. The quantitative estimate of drug-likeness (QED) is 0.665. The van der Waals surface area contributed by atoms with Gasteiger partial charge in [-0.2, -0.15) is 22.0 Å². The lowest BCUT2D eigenvalue weighted by Crippen LogP contribution is -2.41. The number of benzene rings is 1. The Morgan fingerprint density at radius 3 is 2.24 bits per heavy atom. The van der Waals surface area contributed by atoms with Gasteiger partial charge < -0.3 is 10.5 Å². The molecule has 0 atom stereocenters. The number of nitrogen functional groups attached to an aromatic ring is 1. The Labute approximate surface area is 94.2 Å². The number of anilines is 1. The van der Waals surface area contributed by atoms with Crippen LogP contribution < -0.4 is 10.5 Å². The molecule has 0 aromatic heterocycles. The number of alkyl halides is 5. The van der Waals surface area contributed by atoms with E-state index in [-0.39, 0.29) is 11.4 Å². The smallest absolute Gasteiger partial charge is 0.456 e. The second-order valence-corrected chi connectivity index (χ2v) is 3.48. The molecule has 0 unspecified atom stereocenters. The average Bonchev–Trinajstić information content (AvgIpc) is 2.15. The Balaban J connectivity index is 2.81. The highest BCUT2D eigenvalue weighted by Crippen LogP contribution is 2.36. The summed E-state index contributed by atoms with van der Waals surface area (Å²) in [5.74, 6) is -5.06. The fraction of sp³-hybridized carbons (Fsp3) is 0.400. The van der Waals surface area contributed by atoms with Crippen LogP contribution in [0.25, 0.3) is 0 Å². The summed E-state index contributed by atoms with van der Waals surface area (Å²) in [5.41, 5.74) is 5.82. The van der Waals surface area contributed by atoms with Gasteiger partial charge in [0.1, 0.15) is 5.75 Å². The van der Waals surface area contributed by atoms with Crippen LogP contribution in [0.3, 0.4) is 0 Å². The molecule has 2 nitrogen and oxygen atoms in total. The minimum absolute atomic E-state index is 0.0166. The van der Waals surface area contributed by atoms with Gasteiger partial charge in [-0.15, -0.1) is 0 Å². The van der Waals surface area contributed by atoms with Gasteiger partial charge in [-0.3, -0.25) is 0 Å². The molecule has 1 rings (SSSR count). The fourth-order valence-electron chi connectivity index (χ4n) is 1.12. The van der Waals surface area contributed by atoms with Gasteiger partial charge >= 0.3 is 12.1 Å². The van der Waals surface area contributed by atoms with Crippen molar-refractivity contribution in [3.63, 3.8) is 0 Å². The molecule has 17 heavy (non-hydrogen) atoms. The number of rotatable bonds is 3. The number of nitrogens with two attached hydrogens (primary N) is 1. The number of hydrogen-bond acceptors (Lipinski definition) is 2. The predicted molar refractivity (Wildman–Crippen MR) is 52.1 cm³/mol.